The molecule has 3 aliphatic rings. The highest BCUT2D eigenvalue weighted by Crippen LogP contribution is 2.35. The zero-order chi connectivity index (χ0) is 21.6. The number of imide groups is 1. The first kappa shape index (κ1) is 20.2. The van der Waals surface area contributed by atoms with Gasteiger partial charge in [0, 0.05) is 33.1 Å². The fraction of sp³-hybridized carbons (Fsp3) is 0.524. The van der Waals surface area contributed by atoms with Gasteiger partial charge >= 0.3 is 6.03 Å². The average Bonchev–Trinajstić information content (AvgIpc) is 3.22. The van der Waals surface area contributed by atoms with Gasteiger partial charge in [0.15, 0.2) is 0 Å². The Bertz CT molecular complexity index is 922. The number of urea groups is 1. The number of nitrogens with one attached hydrogen (secondary N) is 1. The summed E-state index contributed by atoms with van der Waals surface area (Å²) in [6.45, 7) is 2.99. The van der Waals surface area contributed by atoms with E-state index < -0.39 is 17.5 Å². The fourth-order valence-electron chi connectivity index (χ4n) is 4.58. The Labute approximate surface area is 174 Å². The molecular weight excluding hydrogens is 388 g/mol. The van der Waals surface area contributed by atoms with E-state index >= 15 is 0 Å². The van der Waals surface area contributed by atoms with Crippen molar-refractivity contribution >= 4 is 29.4 Å². The van der Waals surface area contributed by atoms with Crippen LogP contribution in [0.25, 0.3) is 0 Å². The van der Waals surface area contributed by atoms with E-state index in [-0.39, 0.29) is 24.1 Å². The van der Waals surface area contributed by atoms with E-state index in [0.717, 1.165) is 10.5 Å². The summed E-state index contributed by atoms with van der Waals surface area (Å²) in [4.78, 5) is 54.4. The van der Waals surface area contributed by atoms with Crippen molar-refractivity contribution in [3.8, 4) is 5.75 Å². The second kappa shape index (κ2) is 7.30. The fourth-order valence-corrected chi connectivity index (χ4v) is 4.58. The lowest BCUT2D eigenvalue weighted by molar-refractivity contribution is -0.140. The largest absolute Gasteiger partial charge is 0.495 e. The Morgan fingerprint density at radius 2 is 1.90 bits per heavy atom. The maximum atomic E-state index is 13.1. The molecule has 1 atom stereocenters. The number of ether oxygens (including phenoxy) is 1. The van der Waals surface area contributed by atoms with Gasteiger partial charge in [0.2, 0.25) is 11.8 Å². The molecule has 3 saturated heterocycles. The molecule has 0 aliphatic carbocycles. The number of rotatable bonds is 3. The van der Waals surface area contributed by atoms with E-state index in [1.54, 1.807) is 16.9 Å². The van der Waals surface area contributed by atoms with E-state index in [2.05, 4.69) is 5.32 Å². The number of hydrogen-bond donors (Lipinski definition) is 1. The van der Waals surface area contributed by atoms with Gasteiger partial charge in [0.25, 0.3) is 5.91 Å². The third-order valence-electron chi connectivity index (χ3n) is 6.39. The van der Waals surface area contributed by atoms with Crippen LogP contribution in [0, 0.1) is 12.8 Å². The van der Waals surface area contributed by atoms with E-state index in [1.165, 1.54) is 7.05 Å². The van der Waals surface area contributed by atoms with Crippen LogP contribution >= 0.6 is 0 Å². The zero-order valence-corrected chi connectivity index (χ0v) is 17.4. The van der Waals surface area contributed by atoms with Gasteiger partial charge in [0.05, 0.1) is 18.7 Å². The monoisotopic (exact) mass is 414 g/mol. The van der Waals surface area contributed by atoms with E-state index in [1.807, 2.05) is 25.1 Å². The van der Waals surface area contributed by atoms with Crippen molar-refractivity contribution in [2.24, 2.45) is 5.92 Å². The van der Waals surface area contributed by atoms with Gasteiger partial charge in [-0.1, -0.05) is 6.07 Å². The van der Waals surface area contributed by atoms with Crippen molar-refractivity contribution in [3.05, 3.63) is 23.8 Å². The number of carbonyl (C=O) groups excluding carboxylic acids is 4. The smallest absolute Gasteiger partial charge is 0.324 e. The van der Waals surface area contributed by atoms with Crippen molar-refractivity contribution in [2.45, 2.75) is 31.7 Å². The van der Waals surface area contributed by atoms with Crippen LogP contribution in [0.4, 0.5) is 10.5 Å². The molecule has 3 fully saturated rings. The standard InChI is InChI=1S/C21H26N4O5/c1-13-4-5-16(30-3)15(10-13)25-12-14(11-17(25)26)18(27)24-8-6-21(7-9-24)19(28)23(2)20(29)22-21/h4-5,10,14H,6-9,11-12H2,1-3H3,(H,22,29). The molecule has 1 aromatic rings. The Hall–Kier alpha value is -3.10. The lowest BCUT2D eigenvalue weighted by atomic mass is 9.87. The number of aryl methyl sites for hydroxylation is 1. The van der Waals surface area contributed by atoms with Gasteiger partial charge in [-0.2, -0.15) is 0 Å². The molecule has 5 amide bonds. The van der Waals surface area contributed by atoms with Gasteiger partial charge in [-0.15, -0.1) is 0 Å². The molecule has 9 heteroatoms. The topological polar surface area (TPSA) is 99.3 Å². The molecule has 4 rings (SSSR count). The van der Waals surface area contributed by atoms with Crippen molar-refractivity contribution in [1.82, 2.24) is 15.1 Å². The molecule has 3 aliphatic heterocycles. The van der Waals surface area contributed by atoms with Gasteiger partial charge in [-0.05, 0) is 37.5 Å². The number of methoxy groups -OCH3 is 1. The quantitative estimate of drug-likeness (QED) is 0.741. The van der Waals surface area contributed by atoms with Crippen LogP contribution in [0.2, 0.25) is 0 Å². The van der Waals surface area contributed by atoms with Crippen LogP contribution in [-0.4, -0.2) is 72.9 Å². The normalized spacial score (nSPS) is 23.4. The minimum Gasteiger partial charge on any atom is -0.495 e. The van der Waals surface area contributed by atoms with E-state index in [0.29, 0.717) is 43.9 Å². The maximum Gasteiger partial charge on any atom is 0.324 e. The first-order chi connectivity index (χ1) is 14.3. The van der Waals surface area contributed by atoms with Crippen LogP contribution in [0.1, 0.15) is 24.8 Å². The average molecular weight is 414 g/mol. The van der Waals surface area contributed by atoms with Crippen molar-refractivity contribution in [2.75, 3.05) is 38.7 Å². The molecule has 0 saturated carbocycles. The number of likely N-dealkylation sites (N-methyl/N-ethyl adjacent to an activating group) is 1. The van der Waals surface area contributed by atoms with Crippen LogP contribution in [0.15, 0.2) is 18.2 Å². The van der Waals surface area contributed by atoms with Crippen molar-refractivity contribution in [1.29, 1.82) is 0 Å². The van der Waals surface area contributed by atoms with E-state index in [4.69, 9.17) is 4.74 Å². The third kappa shape index (κ3) is 3.18. The van der Waals surface area contributed by atoms with Crippen LogP contribution in [-0.2, 0) is 14.4 Å². The number of hydrogen-bond acceptors (Lipinski definition) is 5. The molecule has 0 radical (unpaired) electrons. The summed E-state index contributed by atoms with van der Waals surface area (Å²) >= 11 is 0. The highest BCUT2D eigenvalue weighted by Gasteiger charge is 2.52. The highest BCUT2D eigenvalue weighted by molar-refractivity contribution is 6.07. The SMILES string of the molecule is COc1ccc(C)cc1N1CC(C(=O)N2CCC3(CC2)NC(=O)N(C)C3=O)CC1=O. The van der Waals surface area contributed by atoms with Crippen molar-refractivity contribution < 1.29 is 23.9 Å². The molecule has 160 valence electrons. The molecule has 1 N–H and O–H groups in total. The second-order valence-corrected chi connectivity index (χ2v) is 8.28. The first-order valence-electron chi connectivity index (χ1n) is 10.1. The minimum absolute atomic E-state index is 0.0857. The van der Waals surface area contributed by atoms with E-state index in [9.17, 15) is 19.2 Å². The highest BCUT2D eigenvalue weighted by atomic mass is 16.5. The molecular formula is C21H26N4O5. The lowest BCUT2D eigenvalue weighted by Crippen LogP contribution is -2.56. The lowest BCUT2D eigenvalue weighted by Gasteiger charge is -2.38. The molecule has 0 aromatic heterocycles. The number of amides is 5. The Kier molecular flexibility index (Phi) is 4.91. The maximum absolute atomic E-state index is 13.1. The molecule has 1 aromatic carbocycles. The molecule has 30 heavy (non-hydrogen) atoms. The summed E-state index contributed by atoms with van der Waals surface area (Å²) in [5.41, 5.74) is 0.773. The molecule has 0 bridgehead atoms. The molecule has 1 spiro atoms. The van der Waals surface area contributed by atoms with Gasteiger partial charge in [-0.25, -0.2) is 4.79 Å². The Balaban J connectivity index is 1.44. The molecule has 9 nitrogen and oxygen atoms in total. The summed E-state index contributed by atoms with van der Waals surface area (Å²) in [6.07, 6.45) is 0.906. The number of likely N-dealkylation sites (tertiary alicyclic amines) is 1. The number of benzene rings is 1. The van der Waals surface area contributed by atoms with Crippen LogP contribution < -0.4 is 15.0 Å². The summed E-state index contributed by atoms with van der Waals surface area (Å²) < 4.78 is 5.39. The van der Waals surface area contributed by atoms with Crippen molar-refractivity contribution in [3.63, 3.8) is 0 Å². The summed E-state index contributed by atoms with van der Waals surface area (Å²) in [6, 6.07) is 5.22. The number of nitrogens with zero attached hydrogens (tertiary/aromatic N) is 3. The summed E-state index contributed by atoms with van der Waals surface area (Å²) in [7, 11) is 3.02. The first-order valence-corrected chi connectivity index (χ1v) is 10.1. The van der Waals surface area contributed by atoms with Gasteiger partial charge in [0.1, 0.15) is 11.3 Å². The van der Waals surface area contributed by atoms with Gasteiger partial charge in [-0.3, -0.25) is 19.3 Å². The Morgan fingerprint density at radius 1 is 1.20 bits per heavy atom. The summed E-state index contributed by atoms with van der Waals surface area (Å²) in [5, 5.41) is 2.77. The predicted molar refractivity (Wildman–Crippen MR) is 108 cm³/mol. The molecule has 3 heterocycles. The number of piperidine rings is 1. The molecule has 1 unspecified atom stereocenters. The number of carbonyl (C=O) groups is 4. The Morgan fingerprint density at radius 3 is 2.50 bits per heavy atom. The van der Waals surface area contributed by atoms with Gasteiger partial charge < -0.3 is 19.9 Å². The zero-order valence-electron chi connectivity index (χ0n) is 17.4. The third-order valence-corrected chi connectivity index (χ3v) is 6.39. The predicted octanol–water partition coefficient (Wildman–Crippen LogP) is 0.899. The summed E-state index contributed by atoms with van der Waals surface area (Å²) in [5.74, 6) is -0.272. The number of anilines is 1. The van der Waals surface area contributed by atoms with Crippen LogP contribution in [0.3, 0.4) is 0 Å². The minimum atomic E-state index is -0.908. The van der Waals surface area contributed by atoms with Crippen LogP contribution in [0.5, 0.6) is 5.75 Å². The second-order valence-electron chi connectivity index (χ2n) is 8.28.